The molecule has 1 atom stereocenters. The van der Waals surface area contributed by atoms with Crippen molar-refractivity contribution in [2.24, 2.45) is 5.73 Å². The number of aromatic nitrogens is 2. The summed E-state index contributed by atoms with van der Waals surface area (Å²) in [6, 6.07) is 13.5. The van der Waals surface area contributed by atoms with E-state index in [1.54, 1.807) is 6.20 Å². The highest BCUT2D eigenvalue weighted by molar-refractivity contribution is 5.66. The lowest BCUT2D eigenvalue weighted by atomic mass is 10.1. The van der Waals surface area contributed by atoms with E-state index in [-0.39, 0.29) is 6.04 Å². The topological polar surface area (TPSA) is 64.9 Å². The number of rotatable bonds is 3. The van der Waals surface area contributed by atoms with E-state index in [9.17, 15) is 0 Å². The number of oxazole rings is 1. The van der Waals surface area contributed by atoms with Crippen LogP contribution in [0.15, 0.2) is 53.1 Å². The van der Waals surface area contributed by atoms with Crippen LogP contribution in [0.2, 0.25) is 0 Å². The second kappa shape index (κ2) is 4.58. The maximum absolute atomic E-state index is 6.11. The normalized spacial score (nSPS) is 12.7. The van der Waals surface area contributed by atoms with Crippen molar-refractivity contribution in [3.63, 3.8) is 0 Å². The van der Waals surface area contributed by atoms with Gasteiger partial charge in [0.1, 0.15) is 0 Å². The largest absolute Gasteiger partial charge is 0.437 e. The van der Waals surface area contributed by atoms with Crippen molar-refractivity contribution >= 4 is 11.2 Å². The van der Waals surface area contributed by atoms with Crippen LogP contribution in [0.25, 0.3) is 11.2 Å². The summed E-state index contributed by atoms with van der Waals surface area (Å²) in [5, 5.41) is 0. The van der Waals surface area contributed by atoms with Crippen LogP contribution in [0.4, 0.5) is 0 Å². The van der Waals surface area contributed by atoms with Gasteiger partial charge in [-0.2, -0.15) is 4.98 Å². The first kappa shape index (κ1) is 10.9. The first-order valence-electron chi connectivity index (χ1n) is 5.84. The molecule has 0 fully saturated rings. The minimum atomic E-state index is -0.249. The molecule has 3 aromatic rings. The Bertz CT molecular complexity index is 615. The number of nitrogens with two attached hydrogens (primary N) is 1. The summed E-state index contributed by atoms with van der Waals surface area (Å²) in [7, 11) is 0. The molecule has 0 spiro atoms. The van der Waals surface area contributed by atoms with E-state index in [4.69, 9.17) is 10.2 Å². The highest BCUT2D eigenvalue weighted by Gasteiger charge is 2.14. The standard InChI is InChI=1S/C14H13N3O/c15-11(9-10-5-2-1-3-6-10)14-17-13-12(18-14)7-4-8-16-13/h1-8,11H,9,15H2. The highest BCUT2D eigenvalue weighted by atomic mass is 16.3. The van der Waals surface area contributed by atoms with Gasteiger partial charge in [0, 0.05) is 6.20 Å². The van der Waals surface area contributed by atoms with E-state index in [1.165, 1.54) is 5.56 Å². The van der Waals surface area contributed by atoms with Crippen molar-refractivity contribution in [2.45, 2.75) is 12.5 Å². The maximum Gasteiger partial charge on any atom is 0.214 e. The zero-order valence-electron chi connectivity index (χ0n) is 9.78. The Kier molecular flexibility index (Phi) is 2.78. The highest BCUT2D eigenvalue weighted by Crippen LogP contribution is 2.19. The lowest BCUT2D eigenvalue weighted by Crippen LogP contribution is -2.13. The van der Waals surface area contributed by atoms with E-state index in [0.717, 1.165) is 0 Å². The van der Waals surface area contributed by atoms with Crippen molar-refractivity contribution in [3.8, 4) is 0 Å². The van der Waals surface area contributed by atoms with Crippen LogP contribution in [0.3, 0.4) is 0 Å². The van der Waals surface area contributed by atoms with E-state index in [2.05, 4.69) is 9.97 Å². The second-order valence-electron chi connectivity index (χ2n) is 4.17. The van der Waals surface area contributed by atoms with Gasteiger partial charge in [0.25, 0.3) is 0 Å². The van der Waals surface area contributed by atoms with Gasteiger partial charge < -0.3 is 10.2 Å². The number of pyridine rings is 1. The lowest BCUT2D eigenvalue weighted by Gasteiger charge is -2.06. The number of benzene rings is 1. The van der Waals surface area contributed by atoms with Crippen molar-refractivity contribution in [1.29, 1.82) is 0 Å². The van der Waals surface area contributed by atoms with Crippen LogP contribution < -0.4 is 5.73 Å². The molecule has 4 heteroatoms. The van der Waals surface area contributed by atoms with E-state index >= 15 is 0 Å². The molecule has 1 unspecified atom stereocenters. The molecule has 0 aliphatic rings. The molecule has 3 rings (SSSR count). The number of hydrogen-bond donors (Lipinski definition) is 1. The molecule has 0 saturated heterocycles. The number of fused-ring (bicyclic) bond motifs is 1. The van der Waals surface area contributed by atoms with Crippen LogP contribution in [0.1, 0.15) is 17.5 Å². The van der Waals surface area contributed by atoms with Gasteiger partial charge in [-0.3, -0.25) is 0 Å². The Balaban J connectivity index is 1.86. The van der Waals surface area contributed by atoms with Crippen molar-refractivity contribution in [2.75, 3.05) is 0 Å². The second-order valence-corrected chi connectivity index (χ2v) is 4.17. The Hall–Kier alpha value is -2.20. The van der Waals surface area contributed by atoms with Gasteiger partial charge in [0.15, 0.2) is 11.2 Å². The molecule has 1 aromatic carbocycles. The summed E-state index contributed by atoms with van der Waals surface area (Å²) in [4.78, 5) is 8.44. The molecule has 2 heterocycles. The first-order chi connectivity index (χ1) is 8.83. The fraction of sp³-hybridized carbons (Fsp3) is 0.143. The molecule has 0 aliphatic carbocycles. The number of hydrogen-bond acceptors (Lipinski definition) is 4. The molecule has 0 amide bonds. The minimum Gasteiger partial charge on any atom is -0.437 e. The van der Waals surface area contributed by atoms with E-state index in [0.29, 0.717) is 23.5 Å². The van der Waals surface area contributed by atoms with Crippen molar-refractivity contribution in [3.05, 3.63) is 60.1 Å². The third-order valence-corrected chi connectivity index (χ3v) is 2.80. The molecule has 2 aromatic heterocycles. The van der Waals surface area contributed by atoms with Crippen molar-refractivity contribution in [1.82, 2.24) is 9.97 Å². The molecular formula is C14H13N3O. The van der Waals surface area contributed by atoms with Crippen LogP contribution in [-0.4, -0.2) is 9.97 Å². The van der Waals surface area contributed by atoms with Crippen LogP contribution in [0, 0.1) is 0 Å². The number of nitrogens with zero attached hydrogens (tertiary/aromatic N) is 2. The smallest absolute Gasteiger partial charge is 0.214 e. The summed E-state index contributed by atoms with van der Waals surface area (Å²) in [6.45, 7) is 0. The fourth-order valence-corrected chi connectivity index (χ4v) is 1.90. The Labute approximate surface area is 104 Å². The maximum atomic E-state index is 6.11. The zero-order chi connectivity index (χ0) is 12.4. The first-order valence-corrected chi connectivity index (χ1v) is 5.84. The Morgan fingerprint density at radius 2 is 1.94 bits per heavy atom. The van der Waals surface area contributed by atoms with Gasteiger partial charge in [0.05, 0.1) is 6.04 Å². The van der Waals surface area contributed by atoms with Crippen LogP contribution in [-0.2, 0) is 6.42 Å². The van der Waals surface area contributed by atoms with E-state index < -0.39 is 0 Å². The predicted octanol–water partition coefficient (Wildman–Crippen LogP) is 2.47. The Morgan fingerprint density at radius 3 is 2.72 bits per heavy atom. The average Bonchev–Trinajstić information content (AvgIpc) is 2.84. The summed E-state index contributed by atoms with van der Waals surface area (Å²) in [5.41, 5.74) is 8.56. The van der Waals surface area contributed by atoms with Crippen LogP contribution in [0.5, 0.6) is 0 Å². The fourth-order valence-electron chi connectivity index (χ4n) is 1.90. The van der Waals surface area contributed by atoms with Gasteiger partial charge in [-0.05, 0) is 24.1 Å². The van der Waals surface area contributed by atoms with E-state index in [1.807, 2.05) is 42.5 Å². The molecule has 0 radical (unpaired) electrons. The van der Waals surface area contributed by atoms with Gasteiger partial charge in [-0.25, -0.2) is 4.98 Å². The molecule has 18 heavy (non-hydrogen) atoms. The molecule has 2 N–H and O–H groups in total. The summed E-state index contributed by atoms with van der Waals surface area (Å²) in [5.74, 6) is 0.535. The minimum absolute atomic E-state index is 0.249. The molecule has 90 valence electrons. The third kappa shape index (κ3) is 2.10. The van der Waals surface area contributed by atoms with Gasteiger partial charge in [0.2, 0.25) is 5.89 Å². The third-order valence-electron chi connectivity index (χ3n) is 2.80. The quantitative estimate of drug-likeness (QED) is 0.762. The molecule has 0 saturated carbocycles. The summed E-state index contributed by atoms with van der Waals surface area (Å²) < 4.78 is 5.60. The lowest BCUT2D eigenvalue weighted by molar-refractivity contribution is 0.474. The zero-order valence-corrected chi connectivity index (χ0v) is 9.78. The van der Waals surface area contributed by atoms with Gasteiger partial charge in [-0.1, -0.05) is 30.3 Å². The molecule has 0 bridgehead atoms. The van der Waals surface area contributed by atoms with Crippen LogP contribution >= 0.6 is 0 Å². The Morgan fingerprint density at radius 1 is 1.11 bits per heavy atom. The summed E-state index contributed by atoms with van der Waals surface area (Å²) >= 11 is 0. The molecular weight excluding hydrogens is 226 g/mol. The average molecular weight is 239 g/mol. The van der Waals surface area contributed by atoms with Gasteiger partial charge >= 0.3 is 0 Å². The molecule has 0 aliphatic heterocycles. The van der Waals surface area contributed by atoms with Crippen molar-refractivity contribution < 1.29 is 4.42 Å². The van der Waals surface area contributed by atoms with Gasteiger partial charge in [-0.15, -0.1) is 0 Å². The summed E-state index contributed by atoms with van der Waals surface area (Å²) in [6.07, 6.45) is 2.39. The molecule has 4 nitrogen and oxygen atoms in total. The monoisotopic (exact) mass is 239 g/mol. The predicted molar refractivity (Wildman–Crippen MR) is 68.9 cm³/mol. The SMILES string of the molecule is NC(Cc1ccccc1)c1nc2ncccc2o1.